The Kier molecular flexibility index (Phi) is 6.54. The van der Waals surface area contributed by atoms with Crippen LogP contribution in [0.15, 0.2) is 72.8 Å². The van der Waals surface area contributed by atoms with E-state index in [9.17, 15) is 14.4 Å². The monoisotopic (exact) mass is 443 g/mol. The third kappa shape index (κ3) is 4.65. The quantitative estimate of drug-likeness (QED) is 0.511. The molecule has 0 aromatic heterocycles. The summed E-state index contributed by atoms with van der Waals surface area (Å²) in [5, 5.41) is 9.00. The summed E-state index contributed by atoms with van der Waals surface area (Å²) in [6, 6.07) is 21.6. The number of carbonyl (C=O) groups is 3. The summed E-state index contributed by atoms with van der Waals surface area (Å²) in [5.41, 5.74) is 9.35. The van der Waals surface area contributed by atoms with E-state index in [1.165, 1.54) is 0 Å². The molecule has 0 aliphatic heterocycles. The molecule has 6 heteroatoms. The molecular formula is C27H25NO5. The minimum absolute atomic E-state index is 0.160. The van der Waals surface area contributed by atoms with Crippen molar-refractivity contribution in [1.29, 1.82) is 0 Å². The molecule has 0 fully saturated rings. The molecule has 4 rings (SSSR count). The highest BCUT2D eigenvalue weighted by Crippen LogP contribution is 2.45. The van der Waals surface area contributed by atoms with Crippen molar-refractivity contribution in [3.63, 3.8) is 0 Å². The van der Waals surface area contributed by atoms with Gasteiger partial charge in [0.15, 0.2) is 12.4 Å². The van der Waals surface area contributed by atoms with Crippen molar-refractivity contribution in [2.24, 2.45) is 5.73 Å². The fourth-order valence-electron chi connectivity index (χ4n) is 4.76. The molecule has 0 saturated heterocycles. The summed E-state index contributed by atoms with van der Waals surface area (Å²) in [6.07, 6.45) is 2.23. The maximum atomic E-state index is 13.3. The van der Waals surface area contributed by atoms with Crippen LogP contribution in [0, 0.1) is 0 Å². The van der Waals surface area contributed by atoms with E-state index in [-0.39, 0.29) is 11.7 Å². The van der Waals surface area contributed by atoms with Gasteiger partial charge in [-0.2, -0.15) is 0 Å². The molecule has 0 heterocycles. The van der Waals surface area contributed by atoms with Crippen LogP contribution in [-0.2, 0) is 16.0 Å². The Labute approximate surface area is 192 Å². The van der Waals surface area contributed by atoms with E-state index in [1.54, 1.807) is 54.6 Å². The summed E-state index contributed by atoms with van der Waals surface area (Å²) in [4.78, 5) is 37.1. The third-order valence-electron chi connectivity index (χ3n) is 6.15. The van der Waals surface area contributed by atoms with Crippen molar-refractivity contribution in [3.8, 4) is 5.75 Å². The second-order valence-corrected chi connectivity index (χ2v) is 8.17. The Morgan fingerprint density at radius 1 is 0.970 bits per heavy atom. The summed E-state index contributed by atoms with van der Waals surface area (Å²) >= 11 is 0. The van der Waals surface area contributed by atoms with E-state index in [1.807, 2.05) is 18.2 Å². The van der Waals surface area contributed by atoms with Gasteiger partial charge in [-0.25, -0.2) is 4.79 Å². The van der Waals surface area contributed by atoms with Crippen molar-refractivity contribution < 1.29 is 24.2 Å². The zero-order valence-corrected chi connectivity index (χ0v) is 18.1. The van der Waals surface area contributed by atoms with Crippen molar-refractivity contribution in [1.82, 2.24) is 0 Å². The van der Waals surface area contributed by atoms with Gasteiger partial charge in [0.05, 0.1) is 5.92 Å². The molecule has 2 unspecified atom stereocenters. The number of carboxylic acid groups (broad SMARTS) is 1. The molecular weight excluding hydrogens is 418 g/mol. The van der Waals surface area contributed by atoms with E-state index in [4.69, 9.17) is 15.6 Å². The predicted octanol–water partition coefficient (Wildman–Crippen LogP) is 4.07. The molecule has 0 radical (unpaired) electrons. The lowest BCUT2D eigenvalue weighted by atomic mass is 9.71. The van der Waals surface area contributed by atoms with Gasteiger partial charge < -0.3 is 15.6 Å². The van der Waals surface area contributed by atoms with Gasteiger partial charge in [0.1, 0.15) is 5.75 Å². The van der Waals surface area contributed by atoms with Crippen LogP contribution in [0.4, 0.5) is 0 Å². The van der Waals surface area contributed by atoms with Crippen molar-refractivity contribution in [2.75, 3.05) is 6.61 Å². The van der Waals surface area contributed by atoms with Crippen molar-refractivity contribution in [3.05, 3.63) is 101 Å². The third-order valence-corrected chi connectivity index (χ3v) is 6.15. The number of rotatable bonds is 8. The number of primary amides is 1. The molecule has 168 valence electrons. The highest BCUT2D eigenvalue weighted by atomic mass is 16.5. The zero-order valence-electron chi connectivity index (χ0n) is 18.1. The van der Waals surface area contributed by atoms with Gasteiger partial charge in [0.25, 0.3) is 0 Å². The minimum Gasteiger partial charge on any atom is -0.482 e. The first-order valence-corrected chi connectivity index (χ1v) is 10.9. The molecule has 0 spiro atoms. The molecule has 1 aliphatic rings. The zero-order chi connectivity index (χ0) is 23.4. The van der Waals surface area contributed by atoms with Crippen molar-refractivity contribution in [2.45, 2.75) is 31.1 Å². The molecule has 3 N–H and O–H groups in total. The van der Waals surface area contributed by atoms with E-state index in [0.29, 0.717) is 22.4 Å². The largest absolute Gasteiger partial charge is 0.482 e. The standard InChI is InChI=1S/C27H25NO5/c28-27(32)25(21-10-4-5-11-22(21)26(31)17-8-2-1-3-9-17)20-14-6-13-19-18(20)12-7-15-23(19)33-16-24(29)30/h1-5,7-12,15,20,25H,6,13-14,16H2,(H2,28,32)(H,29,30). The van der Waals surface area contributed by atoms with Gasteiger partial charge in [-0.05, 0) is 47.9 Å². The highest BCUT2D eigenvalue weighted by Gasteiger charge is 2.36. The van der Waals surface area contributed by atoms with Crippen LogP contribution in [0.3, 0.4) is 0 Å². The van der Waals surface area contributed by atoms with Gasteiger partial charge in [0.2, 0.25) is 5.91 Å². The molecule has 33 heavy (non-hydrogen) atoms. The number of fused-ring (bicyclic) bond motifs is 1. The smallest absolute Gasteiger partial charge is 0.341 e. The number of hydrogen-bond acceptors (Lipinski definition) is 4. The number of ketones is 1. The molecule has 1 aliphatic carbocycles. The van der Waals surface area contributed by atoms with E-state index >= 15 is 0 Å². The van der Waals surface area contributed by atoms with Gasteiger partial charge in [-0.1, -0.05) is 66.7 Å². The van der Waals surface area contributed by atoms with Gasteiger partial charge >= 0.3 is 5.97 Å². The Morgan fingerprint density at radius 3 is 2.42 bits per heavy atom. The molecule has 3 aromatic carbocycles. The summed E-state index contributed by atoms with van der Waals surface area (Å²) < 4.78 is 5.51. The van der Waals surface area contributed by atoms with E-state index in [2.05, 4.69) is 0 Å². The number of benzene rings is 3. The van der Waals surface area contributed by atoms with E-state index < -0.39 is 24.4 Å². The lowest BCUT2D eigenvalue weighted by molar-refractivity contribution is -0.139. The number of nitrogens with two attached hydrogens (primary N) is 1. The van der Waals surface area contributed by atoms with Gasteiger partial charge in [-0.3, -0.25) is 9.59 Å². The number of ether oxygens (including phenoxy) is 1. The second-order valence-electron chi connectivity index (χ2n) is 8.17. The first-order valence-electron chi connectivity index (χ1n) is 10.9. The van der Waals surface area contributed by atoms with Crippen molar-refractivity contribution >= 4 is 17.7 Å². The number of carboxylic acids is 1. The summed E-state index contributed by atoms with van der Waals surface area (Å²) in [7, 11) is 0. The number of amides is 1. The maximum Gasteiger partial charge on any atom is 0.341 e. The fourth-order valence-corrected chi connectivity index (χ4v) is 4.76. The first-order chi connectivity index (χ1) is 16.0. The van der Waals surface area contributed by atoms with Crippen LogP contribution in [0.25, 0.3) is 0 Å². The molecule has 0 bridgehead atoms. The molecule has 2 atom stereocenters. The average molecular weight is 443 g/mol. The topological polar surface area (TPSA) is 107 Å². The summed E-state index contributed by atoms with van der Waals surface area (Å²) in [6.45, 7) is -0.436. The minimum atomic E-state index is -1.05. The molecule has 1 amide bonds. The average Bonchev–Trinajstić information content (AvgIpc) is 2.83. The Bertz CT molecular complexity index is 1190. The molecule has 3 aromatic rings. The van der Waals surface area contributed by atoms with Crippen LogP contribution in [-0.4, -0.2) is 29.4 Å². The molecule has 6 nitrogen and oxygen atoms in total. The lowest BCUT2D eigenvalue weighted by Gasteiger charge is -2.32. The summed E-state index contributed by atoms with van der Waals surface area (Å²) in [5.74, 6) is -2.16. The Balaban J connectivity index is 1.77. The number of aliphatic carboxylic acids is 1. The number of hydrogen-bond donors (Lipinski definition) is 2. The van der Waals surface area contributed by atoms with E-state index in [0.717, 1.165) is 30.4 Å². The van der Waals surface area contributed by atoms with Gasteiger partial charge in [-0.15, -0.1) is 0 Å². The van der Waals surface area contributed by atoms with Crippen LogP contribution in [0.2, 0.25) is 0 Å². The maximum absolute atomic E-state index is 13.3. The van der Waals surface area contributed by atoms with Crippen LogP contribution >= 0.6 is 0 Å². The van der Waals surface area contributed by atoms with Gasteiger partial charge in [0, 0.05) is 11.1 Å². The fraction of sp³-hybridized carbons (Fsp3) is 0.222. The normalized spacial score (nSPS) is 15.8. The van der Waals surface area contributed by atoms with Crippen LogP contribution in [0.5, 0.6) is 5.75 Å². The predicted molar refractivity (Wildman–Crippen MR) is 124 cm³/mol. The Hall–Kier alpha value is -3.93. The SMILES string of the molecule is NC(=O)C(c1ccccc1C(=O)c1ccccc1)C1CCCc2c(OCC(=O)O)cccc21. The molecule has 0 saturated carbocycles. The number of carbonyl (C=O) groups excluding carboxylic acids is 2. The second kappa shape index (κ2) is 9.69. The first kappa shape index (κ1) is 22.3. The van der Waals surface area contributed by atoms with Crippen LogP contribution in [0.1, 0.15) is 57.3 Å². The lowest BCUT2D eigenvalue weighted by Crippen LogP contribution is -2.30. The van der Waals surface area contributed by atoms with Crippen LogP contribution < -0.4 is 10.5 Å². The Morgan fingerprint density at radius 2 is 1.70 bits per heavy atom. The highest BCUT2D eigenvalue weighted by molar-refractivity contribution is 6.10.